The summed E-state index contributed by atoms with van der Waals surface area (Å²) in [7, 11) is 6.44. The monoisotopic (exact) mass is 1330 g/mol. The van der Waals surface area contributed by atoms with Crippen molar-refractivity contribution in [1.82, 2.24) is 44.9 Å². The van der Waals surface area contributed by atoms with Gasteiger partial charge in [0.1, 0.15) is 57.8 Å². The molecule has 0 radical (unpaired) electrons. The molecule has 8 aromatic rings. The molecule has 1 aliphatic rings. The molecule has 0 saturated carbocycles. The summed E-state index contributed by atoms with van der Waals surface area (Å²) >= 11 is 0. The third kappa shape index (κ3) is 23.7. The number of anilines is 6. The average molecular weight is 1330 g/mol. The molecule has 1 aliphatic heterocycles. The number of methoxy groups -OCH3 is 4. The molecule has 9 N–H and O–H groups in total. The zero-order chi connectivity index (χ0) is 69.2. The smallest absolute Gasteiger partial charge is 0.225 e. The molecule has 1 fully saturated rings. The fourth-order valence-corrected chi connectivity index (χ4v) is 10.7. The molecule has 23 nitrogen and oxygen atoms in total. The van der Waals surface area contributed by atoms with Crippen LogP contribution in [0.25, 0.3) is 33.1 Å². The number of benzene rings is 2. The van der Waals surface area contributed by atoms with Gasteiger partial charge in [0.25, 0.3) is 0 Å². The number of carbonyl (C=O) groups is 2. The highest BCUT2D eigenvalue weighted by molar-refractivity contribution is 5.88. The molecule has 3 unspecified atom stereocenters. The van der Waals surface area contributed by atoms with Crippen LogP contribution in [0.2, 0.25) is 0 Å². The molecule has 0 amide bonds. The van der Waals surface area contributed by atoms with Gasteiger partial charge in [-0.2, -0.15) is 15.0 Å². The minimum Gasteiger partial charge on any atom is -0.497 e. The molecule has 520 valence electrons. The molecule has 0 aliphatic carbocycles. The van der Waals surface area contributed by atoms with Crippen molar-refractivity contribution in [2.75, 3.05) is 94.0 Å². The first-order chi connectivity index (χ1) is 46.6. The predicted octanol–water partition coefficient (Wildman–Crippen LogP) is 13.1. The van der Waals surface area contributed by atoms with E-state index in [1.165, 1.54) is 26.7 Å². The number of pyridine rings is 3. The number of fused-ring (bicyclic) bond motifs is 3. The van der Waals surface area contributed by atoms with Crippen molar-refractivity contribution in [2.24, 2.45) is 17.6 Å². The van der Waals surface area contributed by atoms with Crippen LogP contribution in [-0.2, 0) is 27.4 Å². The number of nitrogens with two attached hydrogens (primary N) is 2. The Balaban J connectivity index is 0.000000222. The zero-order valence-electron chi connectivity index (χ0n) is 56.9. The van der Waals surface area contributed by atoms with Crippen LogP contribution < -0.4 is 57.0 Å². The Labute approximate surface area is 561 Å². The average Bonchev–Trinajstić information content (AvgIpc) is 0.835. The molecule has 6 atom stereocenters. The van der Waals surface area contributed by atoms with E-state index in [0.29, 0.717) is 98.5 Å². The molecule has 6 aromatic heterocycles. The summed E-state index contributed by atoms with van der Waals surface area (Å²) < 4.78 is 67.2. The SMILES string of the molecule is C1CCOC1.CCCC[C@@H](Nc1nc(N)nc2cccnc12)C(CF)CC(C)=O.CCCC[C@@H](Nc1nc(NCc2ccc(OC)cc2OC)nc2cccnc12)C(CF)CC(C)=O.CCCC[C@@H](Nc1nc(NCc2ccc(OC)cc2OC)nc2cccnc12)C(N)CF. The van der Waals surface area contributed by atoms with Gasteiger partial charge in [-0.3, -0.25) is 23.7 Å². The van der Waals surface area contributed by atoms with Crippen LogP contribution in [0.1, 0.15) is 129 Å². The predicted molar refractivity (Wildman–Crippen MR) is 374 cm³/mol. The maximum atomic E-state index is 14.0. The van der Waals surface area contributed by atoms with Crippen LogP contribution in [0.15, 0.2) is 91.4 Å². The van der Waals surface area contributed by atoms with E-state index in [9.17, 15) is 22.8 Å². The Hall–Kier alpha value is -9.04. The Kier molecular flexibility index (Phi) is 32.5. The van der Waals surface area contributed by atoms with Gasteiger partial charge in [-0.1, -0.05) is 59.3 Å². The van der Waals surface area contributed by atoms with Crippen molar-refractivity contribution in [1.29, 1.82) is 0 Å². The van der Waals surface area contributed by atoms with Crippen LogP contribution in [0.5, 0.6) is 23.0 Å². The lowest BCUT2D eigenvalue weighted by atomic mass is 9.91. The van der Waals surface area contributed by atoms with Gasteiger partial charge < -0.3 is 71.3 Å². The third-order valence-corrected chi connectivity index (χ3v) is 16.0. The number of hydrogen-bond donors (Lipinski definition) is 7. The Morgan fingerprint density at radius 3 is 1.28 bits per heavy atom. The van der Waals surface area contributed by atoms with Crippen molar-refractivity contribution in [3.63, 3.8) is 0 Å². The van der Waals surface area contributed by atoms with E-state index in [1.807, 2.05) is 60.7 Å². The second-order valence-electron chi connectivity index (χ2n) is 23.4. The Morgan fingerprint density at radius 1 is 0.531 bits per heavy atom. The largest absolute Gasteiger partial charge is 0.497 e. The number of nitrogens with one attached hydrogen (secondary N) is 5. The summed E-state index contributed by atoms with van der Waals surface area (Å²) in [6.07, 6.45) is 15.9. The minimum absolute atomic E-state index is 0.0221. The van der Waals surface area contributed by atoms with E-state index in [0.717, 1.165) is 82.1 Å². The number of nitrogens with zero attached hydrogens (tertiary/aromatic N) is 9. The summed E-state index contributed by atoms with van der Waals surface area (Å²) in [6.45, 7) is 10.4. The van der Waals surface area contributed by atoms with Crippen molar-refractivity contribution in [2.45, 2.75) is 155 Å². The second kappa shape index (κ2) is 41.0. The summed E-state index contributed by atoms with van der Waals surface area (Å²) in [5.41, 5.74) is 17.4. The number of rotatable bonds is 35. The first-order valence-corrected chi connectivity index (χ1v) is 33.0. The first kappa shape index (κ1) is 76.0. The first-order valence-electron chi connectivity index (χ1n) is 33.0. The molecule has 7 heterocycles. The van der Waals surface area contributed by atoms with Crippen molar-refractivity contribution in [3.8, 4) is 23.0 Å². The highest BCUT2D eigenvalue weighted by Gasteiger charge is 2.27. The van der Waals surface area contributed by atoms with E-state index < -0.39 is 37.9 Å². The van der Waals surface area contributed by atoms with E-state index in [2.05, 4.69) is 92.2 Å². The van der Waals surface area contributed by atoms with Crippen molar-refractivity contribution >= 4 is 80.0 Å². The van der Waals surface area contributed by atoms with Gasteiger partial charge in [0.05, 0.1) is 64.4 Å². The second-order valence-corrected chi connectivity index (χ2v) is 23.4. The number of alkyl halides is 3. The number of nitrogen functional groups attached to an aromatic ring is 1. The summed E-state index contributed by atoms with van der Waals surface area (Å²) in [5.74, 6) is 4.42. The van der Waals surface area contributed by atoms with Crippen molar-refractivity contribution < 1.29 is 46.4 Å². The zero-order valence-corrected chi connectivity index (χ0v) is 56.9. The van der Waals surface area contributed by atoms with Gasteiger partial charge in [0.2, 0.25) is 17.8 Å². The molecule has 96 heavy (non-hydrogen) atoms. The van der Waals surface area contributed by atoms with Gasteiger partial charge in [-0.15, -0.1) is 0 Å². The van der Waals surface area contributed by atoms with Crippen LogP contribution >= 0.6 is 0 Å². The summed E-state index contributed by atoms with van der Waals surface area (Å²) in [6, 6.07) is 20.8. The molecular formula is C70H97F3N16O7. The van der Waals surface area contributed by atoms with Crippen LogP contribution in [0.4, 0.5) is 48.5 Å². The summed E-state index contributed by atoms with van der Waals surface area (Å²) in [5, 5.41) is 16.5. The van der Waals surface area contributed by atoms with Gasteiger partial charge in [0, 0.05) is 111 Å². The quantitative estimate of drug-likeness (QED) is 0.0194. The number of halogens is 3. The highest BCUT2D eigenvalue weighted by Crippen LogP contribution is 2.31. The Morgan fingerprint density at radius 2 is 0.927 bits per heavy atom. The molecule has 26 heteroatoms. The number of hydrogen-bond acceptors (Lipinski definition) is 23. The van der Waals surface area contributed by atoms with E-state index in [-0.39, 0.29) is 48.5 Å². The van der Waals surface area contributed by atoms with E-state index in [4.69, 9.17) is 35.2 Å². The molecule has 9 rings (SSSR count). The number of carbonyl (C=O) groups excluding carboxylic acids is 2. The normalized spacial score (nSPS) is 13.6. The van der Waals surface area contributed by atoms with Gasteiger partial charge in [-0.05, 0) is 107 Å². The molecule has 0 spiro atoms. The fourth-order valence-electron chi connectivity index (χ4n) is 10.7. The van der Waals surface area contributed by atoms with Crippen LogP contribution in [-0.4, -0.2) is 142 Å². The van der Waals surface area contributed by atoms with Gasteiger partial charge in [-0.25, -0.2) is 19.3 Å². The maximum Gasteiger partial charge on any atom is 0.225 e. The number of Topliss-reactive ketones (excluding diaryl/α,β-unsaturated/α-hetero) is 2. The Bertz CT molecular complexity index is 3650. The molecular weight excluding hydrogens is 1230 g/mol. The van der Waals surface area contributed by atoms with Crippen LogP contribution in [0, 0.1) is 11.8 Å². The van der Waals surface area contributed by atoms with Gasteiger partial charge >= 0.3 is 0 Å². The third-order valence-electron chi connectivity index (χ3n) is 16.0. The lowest BCUT2D eigenvalue weighted by Gasteiger charge is -2.26. The maximum absolute atomic E-state index is 14.0. The molecule has 1 saturated heterocycles. The van der Waals surface area contributed by atoms with Crippen molar-refractivity contribution in [3.05, 3.63) is 103 Å². The lowest BCUT2D eigenvalue weighted by molar-refractivity contribution is -0.119. The molecule has 2 aromatic carbocycles. The lowest BCUT2D eigenvalue weighted by Crippen LogP contribution is -2.42. The molecule has 0 bridgehead atoms. The van der Waals surface area contributed by atoms with Crippen LogP contribution in [0.3, 0.4) is 0 Å². The van der Waals surface area contributed by atoms with E-state index in [1.54, 1.807) is 59.2 Å². The number of ketones is 2. The number of ether oxygens (including phenoxy) is 5. The minimum atomic E-state index is -0.629. The number of aromatic nitrogens is 9. The van der Waals surface area contributed by atoms with Gasteiger partial charge in [0.15, 0.2) is 17.5 Å². The van der Waals surface area contributed by atoms with E-state index >= 15 is 0 Å². The topological polar surface area (TPSA) is 308 Å². The summed E-state index contributed by atoms with van der Waals surface area (Å²) in [4.78, 5) is 63.3. The highest BCUT2D eigenvalue weighted by atomic mass is 19.1. The number of unbranched alkanes of at least 4 members (excludes halogenated alkanes) is 3. The fraction of sp³-hybridized carbons (Fsp3) is 0.500. The standard InChI is InChI=1S/C26H34FN5O3.C23H31FN6O2.C17H24FN5O.C4H8O/c1-5-6-8-21(19(15-27)13-17(2)33)30-25-24-22(9-7-12-28-24)31-26(32-25)29-16-18-10-11-20(34-3)14-23(18)35-4;1-4-5-7-18(17(25)13-24)28-22-21-19(8-6-11-26-21)29-23(30-22)27-14-15-9-10-16(31-2)12-20(15)32-3;1-3-4-6-13(12(10-18)9-11(2)24)21-16-15-14(7-5-8-20-15)22-17(19)23-16;1-2-4-5-3-1/h7,9-12,14,19,21H,5-6,8,13,15-16H2,1-4H3,(H2,29,30,31,32);6,8-12,17-18H,4-5,7,13-14,25H2,1-3H3,(H2,27,28,29,30);5,7-8,12-13H,3-4,6,9-10H2,1-2H3,(H3,19,21,22,23);1-4H2/t19?,21-;17?,18-;12?,13-;/m111./s1.